The Morgan fingerprint density at radius 3 is 1.78 bits per heavy atom. The highest BCUT2D eigenvalue weighted by molar-refractivity contribution is 5.16. The van der Waals surface area contributed by atoms with E-state index in [1.807, 2.05) is 18.2 Å². The number of hydrogen-bond donors (Lipinski definition) is 2. The van der Waals surface area contributed by atoms with Crippen molar-refractivity contribution in [1.82, 2.24) is 4.98 Å². The molecule has 3 heteroatoms. The van der Waals surface area contributed by atoms with Crippen LogP contribution in [0, 0.1) is 0 Å². The smallest absolute Gasteiger partial charge is 0.0575 e. The first-order valence-corrected chi connectivity index (χ1v) is 7.17. The number of rotatable bonds is 8. The zero-order valence-electron chi connectivity index (χ0n) is 11.7. The van der Waals surface area contributed by atoms with E-state index in [1.54, 1.807) is 0 Å². The molecule has 0 aromatic carbocycles. The highest BCUT2D eigenvalue weighted by atomic mass is 14.8. The molecule has 0 spiro atoms. The Morgan fingerprint density at radius 1 is 0.944 bits per heavy atom. The highest BCUT2D eigenvalue weighted by Gasteiger charge is 2.11. The molecular weight excluding hydrogens is 222 g/mol. The Morgan fingerprint density at radius 2 is 1.39 bits per heavy atom. The average molecular weight is 249 g/mol. The van der Waals surface area contributed by atoms with Gasteiger partial charge < -0.3 is 11.5 Å². The lowest BCUT2D eigenvalue weighted by Gasteiger charge is -2.15. The Balaban J connectivity index is 2.66. The third-order valence-electron chi connectivity index (χ3n) is 3.29. The number of hydrogen-bond acceptors (Lipinski definition) is 3. The van der Waals surface area contributed by atoms with E-state index in [9.17, 15) is 0 Å². The zero-order valence-corrected chi connectivity index (χ0v) is 11.7. The van der Waals surface area contributed by atoms with Crippen LogP contribution in [0.2, 0.25) is 0 Å². The topological polar surface area (TPSA) is 64.9 Å². The van der Waals surface area contributed by atoms with Crippen molar-refractivity contribution in [3.05, 3.63) is 29.6 Å². The van der Waals surface area contributed by atoms with Gasteiger partial charge >= 0.3 is 0 Å². The molecule has 0 radical (unpaired) electrons. The average Bonchev–Trinajstić information content (AvgIpc) is 2.42. The maximum Gasteiger partial charge on any atom is 0.0575 e. The lowest BCUT2D eigenvalue weighted by molar-refractivity contribution is 0.565. The van der Waals surface area contributed by atoms with Crippen molar-refractivity contribution >= 4 is 0 Å². The van der Waals surface area contributed by atoms with Crippen LogP contribution in [0.3, 0.4) is 0 Å². The van der Waals surface area contributed by atoms with E-state index in [1.165, 1.54) is 12.8 Å². The summed E-state index contributed by atoms with van der Waals surface area (Å²) in [6.07, 6.45) is 6.63. The number of nitrogens with two attached hydrogens (primary N) is 2. The lowest BCUT2D eigenvalue weighted by Crippen LogP contribution is -2.16. The minimum Gasteiger partial charge on any atom is -0.323 e. The summed E-state index contributed by atoms with van der Waals surface area (Å²) in [7, 11) is 0. The molecule has 1 rings (SSSR count). The molecule has 3 nitrogen and oxygen atoms in total. The SMILES string of the molecule is CCCCC(N)c1cccc(C(N)CCCC)n1. The van der Waals surface area contributed by atoms with Gasteiger partial charge in [-0.05, 0) is 25.0 Å². The standard InChI is InChI=1S/C15H27N3/c1-3-5-8-12(16)14-10-7-11-15(18-14)13(17)9-6-4-2/h7,10-13H,3-6,8-9,16-17H2,1-2H3. The Hall–Kier alpha value is -0.930. The van der Waals surface area contributed by atoms with E-state index in [4.69, 9.17) is 11.5 Å². The van der Waals surface area contributed by atoms with E-state index in [-0.39, 0.29) is 12.1 Å². The van der Waals surface area contributed by atoms with Gasteiger partial charge in [-0.1, -0.05) is 45.6 Å². The first kappa shape index (κ1) is 15.1. The second-order valence-corrected chi connectivity index (χ2v) is 4.98. The summed E-state index contributed by atoms with van der Waals surface area (Å²) in [5.41, 5.74) is 14.3. The maximum atomic E-state index is 6.15. The summed E-state index contributed by atoms with van der Waals surface area (Å²) in [4.78, 5) is 4.63. The van der Waals surface area contributed by atoms with Crippen molar-refractivity contribution in [3.63, 3.8) is 0 Å². The number of aromatic nitrogens is 1. The molecule has 0 aliphatic rings. The van der Waals surface area contributed by atoms with E-state index >= 15 is 0 Å². The Kier molecular flexibility index (Phi) is 6.91. The summed E-state index contributed by atoms with van der Waals surface area (Å²) in [6, 6.07) is 6.13. The molecule has 1 aromatic heterocycles. The molecule has 2 atom stereocenters. The Bertz CT molecular complexity index is 309. The fraction of sp³-hybridized carbons (Fsp3) is 0.667. The van der Waals surface area contributed by atoms with Gasteiger partial charge in [0.05, 0.1) is 11.4 Å². The van der Waals surface area contributed by atoms with Crippen LogP contribution in [0.25, 0.3) is 0 Å². The molecule has 1 heterocycles. The lowest BCUT2D eigenvalue weighted by atomic mass is 10.0. The molecule has 0 saturated heterocycles. The summed E-state index contributed by atoms with van der Waals surface area (Å²) in [6.45, 7) is 4.36. The van der Waals surface area contributed by atoms with Crippen LogP contribution in [0.4, 0.5) is 0 Å². The summed E-state index contributed by atoms with van der Waals surface area (Å²) >= 11 is 0. The first-order chi connectivity index (χ1) is 8.69. The van der Waals surface area contributed by atoms with Crippen molar-refractivity contribution in [3.8, 4) is 0 Å². The fourth-order valence-corrected chi connectivity index (χ4v) is 2.03. The summed E-state index contributed by atoms with van der Waals surface area (Å²) in [5, 5.41) is 0. The van der Waals surface area contributed by atoms with Gasteiger partial charge in [-0.3, -0.25) is 4.98 Å². The Labute approximate surface area is 111 Å². The summed E-state index contributed by atoms with van der Waals surface area (Å²) in [5.74, 6) is 0. The van der Waals surface area contributed by atoms with Gasteiger partial charge in [0, 0.05) is 12.1 Å². The third kappa shape index (κ3) is 4.75. The molecule has 2 unspecified atom stereocenters. The van der Waals surface area contributed by atoms with Crippen LogP contribution in [0.1, 0.15) is 75.8 Å². The minimum absolute atomic E-state index is 0.0447. The molecule has 0 bridgehead atoms. The predicted octanol–water partition coefficient (Wildman–Crippen LogP) is 3.46. The number of unbranched alkanes of at least 4 members (excludes halogenated alkanes) is 2. The highest BCUT2D eigenvalue weighted by Crippen LogP contribution is 2.19. The van der Waals surface area contributed by atoms with Gasteiger partial charge in [0.15, 0.2) is 0 Å². The fourth-order valence-electron chi connectivity index (χ4n) is 2.03. The van der Waals surface area contributed by atoms with Crippen LogP contribution in [0.5, 0.6) is 0 Å². The summed E-state index contributed by atoms with van der Waals surface area (Å²) < 4.78 is 0. The molecule has 1 aromatic rings. The van der Waals surface area contributed by atoms with Crippen LogP contribution >= 0.6 is 0 Å². The van der Waals surface area contributed by atoms with Crippen LogP contribution < -0.4 is 11.5 Å². The van der Waals surface area contributed by atoms with Gasteiger partial charge in [-0.2, -0.15) is 0 Å². The first-order valence-electron chi connectivity index (χ1n) is 7.17. The van der Waals surface area contributed by atoms with Crippen LogP contribution in [0.15, 0.2) is 18.2 Å². The quantitative estimate of drug-likeness (QED) is 0.741. The second kappa shape index (κ2) is 8.22. The molecule has 0 aliphatic heterocycles. The molecule has 4 N–H and O–H groups in total. The minimum atomic E-state index is 0.0447. The van der Waals surface area contributed by atoms with E-state index in [0.717, 1.165) is 37.1 Å². The molecule has 18 heavy (non-hydrogen) atoms. The molecular formula is C15H27N3. The third-order valence-corrected chi connectivity index (χ3v) is 3.29. The van der Waals surface area contributed by atoms with Crippen LogP contribution in [-0.2, 0) is 0 Å². The largest absolute Gasteiger partial charge is 0.323 e. The molecule has 102 valence electrons. The monoisotopic (exact) mass is 249 g/mol. The van der Waals surface area contributed by atoms with Gasteiger partial charge in [-0.15, -0.1) is 0 Å². The van der Waals surface area contributed by atoms with Crippen molar-refractivity contribution in [1.29, 1.82) is 0 Å². The van der Waals surface area contributed by atoms with Crippen molar-refractivity contribution in [2.75, 3.05) is 0 Å². The molecule has 0 fully saturated rings. The van der Waals surface area contributed by atoms with Crippen molar-refractivity contribution in [2.45, 2.75) is 64.5 Å². The van der Waals surface area contributed by atoms with Crippen molar-refractivity contribution in [2.24, 2.45) is 11.5 Å². The van der Waals surface area contributed by atoms with E-state index < -0.39 is 0 Å². The second-order valence-electron chi connectivity index (χ2n) is 4.98. The van der Waals surface area contributed by atoms with E-state index in [2.05, 4.69) is 18.8 Å². The van der Waals surface area contributed by atoms with E-state index in [0.29, 0.717) is 0 Å². The van der Waals surface area contributed by atoms with Crippen molar-refractivity contribution < 1.29 is 0 Å². The maximum absolute atomic E-state index is 6.15. The van der Waals surface area contributed by atoms with Gasteiger partial charge in [-0.25, -0.2) is 0 Å². The zero-order chi connectivity index (χ0) is 13.4. The van der Waals surface area contributed by atoms with Gasteiger partial charge in [0.2, 0.25) is 0 Å². The molecule has 0 saturated carbocycles. The number of nitrogens with zero attached hydrogens (tertiary/aromatic N) is 1. The molecule has 0 aliphatic carbocycles. The predicted molar refractivity (Wildman–Crippen MR) is 77.1 cm³/mol. The van der Waals surface area contributed by atoms with Gasteiger partial charge in [0.1, 0.15) is 0 Å². The number of pyridine rings is 1. The van der Waals surface area contributed by atoms with Crippen LogP contribution in [-0.4, -0.2) is 4.98 Å². The van der Waals surface area contributed by atoms with Gasteiger partial charge in [0.25, 0.3) is 0 Å². The normalized spacial score (nSPS) is 14.4. The molecule has 0 amide bonds.